The summed E-state index contributed by atoms with van der Waals surface area (Å²) < 4.78 is 0. The number of anilines is 1. The van der Waals surface area contributed by atoms with E-state index in [1.54, 1.807) is 24.3 Å². The Morgan fingerprint density at radius 2 is 1.88 bits per heavy atom. The van der Waals surface area contributed by atoms with Crippen LogP contribution in [0.15, 0.2) is 35.1 Å². The van der Waals surface area contributed by atoms with Gasteiger partial charge < -0.3 is 16.5 Å². The van der Waals surface area contributed by atoms with Gasteiger partial charge in [0, 0.05) is 0 Å². The highest BCUT2D eigenvalue weighted by atomic mass is 16.1. The summed E-state index contributed by atoms with van der Waals surface area (Å²) in [6.45, 7) is 0. The van der Waals surface area contributed by atoms with Crippen LogP contribution in [0, 0.1) is 0 Å². The summed E-state index contributed by atoms with van der Waals surface area (Å²) in [5.74, 6) is -0.898. The lowest BCUT2D eigenvalue weighted by Gasteiger charge is -2.07. The summed E-state index contributed by atoms with van der Waals surface area (Å²) >= 11 is 0. The van der Waals surface area contributed by atoms with Crippen molar-refractivity contribution in [2.24, 2.45) is 5.73 Å². The molecule has 0 saturated heterocycles. The topological polar surface area (TPSA) is 115 Å². The Bertz CT molecular complexity index is 619. The molecule has 5 N–H and O–H groups in total. The molecule has 1 aromatic carbocycles. The third-order valence-electron chi connectivity index (χ3n) is 2.27. The van der Waals surface area contributed by atoms with Crippen LogP contribution in [0.2, 0.25) is 0 Å². The maximum absolute atomic E-state index is 11.3. The molecule has 0 aliphatic heterocycles. The van der Waals surface area contributed by atoms with E-state index in [-0.39, 0.29) is 17.1 Å². The van der Waals surface area contributed by atoms with Crippen LogP contribution < -0.4 is 17.2 Å². The molecular formula is C11H10N4O2. The van der Waals surface area contributed by atoms with Crippen LogP contribution in [-0.2, 0) is 0 Å². The van der Waals surface area contributed by atoms with Crippen LogP contribution in [0.1, 0.15) is 10.4 Å². The van der Waals surface area contributed by atoms with Crippen molar-refractivity contribution in [1.82, 2.24) is 9.97 Å². The zero-order chi connectivity index (χ0) is 12.4. The number of nitrogen functional groups attached to an aromatic ring is 1. The van der Waals surface area contributed by atoms with E-state index in [1.165, 1.54) is 0 Å². The third-order valence-corrected chi connectivity index (χ3v) is 2.27. The number of nitrogens with zero attached hydrogens (tertiary/aromatic N) is 1. The number of carbonyl (C=O) groups is 1. The number of hydrogen-bond acceptors (Lipinski definition) is 4. The van der Waals surface area contributed by atoms with Gasteiger partial charge in [-0.15, -0.1) is 0 Å². The highest BCUT2D eigenvalue weighted by Crippen LogP contribution is 2.22. The highest BCUT2D eigenvalue weighted by Gasteiger charge is 2.16. The van der Waals surface area contributed by atoms with E-state index in [4.69, 9.17) is 11.5 Å². The maximum Gasteiger partial charge on any atom is 0.347 e. The van der Waals surface area contributed by atoms with Gasteiger partial charge in [0.2, 0.25) is 0 Å². The van der Waals surface area contributed by atoms with Crippen LogP contribution in [0.5, 0.6) is 0 Å². The number of H-pyrrole nitrogens is 1. The van der Waals surface area contributed by atoms with Crippen molar-refractivity contribution in [1.29, 1.82) is 0 Å². The van der Waals surface area contributed by atoms with Gasteiger partial charge in [-0.2, -0.15) is 4.98 Å². The van der Waals surface area contributed by atoms with Gasteiger partial charge in [-0.25, -0.2) is 4.79 Å². The Morgan fingerprint density at radius 1 is 1.24 bits per heavy atom. The summed E-state index contributed by atoms with van der Waals surface area (Å²) in [4.78, 5) is 28.5. The molecule has 0 radical (unpaired) electrons. The highest BCUT2D eigenvalue weighted by molar-refractivity contribution is 6.02. The molecule has 86 valence electrons. The molecule has 1 heterocycles. The lowest BCUT2D eigenvalue weighted by Crippen LogP contribution is -2.22. The number of nitrogens with one attached hydrogen (secondary N) is 1. The predicted octanol–water partition coefficient (Wildman–Crippen LogP) is 0.118. The van der Waals surface area contributed by atoms with Crippen LogP contribution in [0.25, 0.3) is 11.3 Å². The Morgan fingerprint density at radius 3 is 2.47 bits per heavy atom. The second kappa shape index (κ2) is 4.09. The summed E-state index contributed by atoms with van der Waals surface area (Å²) in [6.07, 6.45) is 0. The van der Waals surface area contributed by atoms with Crippen molar-refractivity contribution in [3.8, 4) is 11.3 Å². The molecule has 1 amide bonds. The number of aromatic nitrogens is 2. The summed E-state index contributed by atoms with van der Waals surface area (Å²) in [6, 6.07) is 8.83. The standard InChI is InChI=1S/C11H10N4O2/c12-9-7(10(13)16)8(14-11(17)15-9)6-4-2-1-3-5-6/h1-5H,(H2,13,16)(H3,12,14,15,17). The van der Waals surface area contributed by atoms with E-state index in [1.807, 2.05) is 6.07 Å². The Kier molecular flexibility index (Phi) is 2.61. The van der Waals surface area contributed by atoms with Crippen LogP contribution in [0.4, 0.5) is 5.82 Å². The molecule has 0 aliphatic rings. The second-order valence-corrected chi connectivity index (χ2v) is 3.41. The Hall–Kier alpha value is -2.63. The number of carbonyl (C=O) groups excluding carboxylic acids is 1. The molecule has 0 aliphatic carbocycles. The number of amides is 1. The Labute approximate surface area is 96.3 Å². The molecule has 0 unspecified atom stereocenters. The first-order valence-electron chi connectivity index (χ1n) is 4.84. The molecule has 6 nitrogen and oxygen atoms in total. The molecular weight excluding hydrogens is 220 g/mol. The van der Waals surface area contributed by atoms with Gasteiger partial charge in [0.05, 0.1) is 5.69 Å². The van der Waals surface area contributed by atoms with Gasteiger partial charge in [0.25, 0.3) is 5.91 Å². The SMILES string of the molecule is NC(=O)c1c(N)nc(=O)[nH]c1-c1ccccc1. The zero-order valence-corrected chi connectivity index (χ0v) is 8.81. The first kappa shape index (κ1) is 10.9. The van der Waals surface area contributed by atoms with Crippen molar-refractivity contribution >= 4 is 11.7 Å². The van der Waals surface area contributed by atoms with E-state index in [2.05, 4.69) is 9.97 Å². The smallest absolute Gasteiger partial charge is 0.347 e. The number of aromatic amines is 1. The third kappa shape index (κ3) is 2.00. The summed E-state index contributed by atoms with van der Waals surface area (Å²) in [5.41, 5.74) is 11.1. The van der Waals surface area contributed by atoms with Crippen LogP contribution in [0.3, 0.4) is 0 Å². The van der Waals surface area contributed by atoms with Gasteiger partial charge in [0.15, 0.2) is 0 Å². The first-order chi connectivity index (χ1) is 8.09. The summed E-state index contributed by atoms with van der Waals surface area (Å²) in [7, 11) is 0. The van der Waals surface area contributed by atoms with Crippen molar-refractivity contribution in [2.45, 2.75) is 0 Å². The van der Waals surface area contributed by atoms with E-state index in [0.717, 1.165) is 0 Å². The van der Waals surface area contributed by atoms with E-state index in [0.29, 0.717) is 5.56 Å². The van der Waals surface area contributed by atoms with Crippen LogP contribution in [-0.4, -0.2) is 15.9 Å². The fourth-order valence-corrected chi connectivity index (χ4v) is 1.56. The summed E-state index contributed by atoms with van der Waals surface area (Å²) in [5, 5.41) is 0. The lowest BCUT2D eigenvalue weighted by molar-refractivity contribution is 0.100. The predicted molar refractivity (Wildman–Crippen MR) is 63.2 cm³/mol. The molecule has 2 rings (SSSR count). The number of hydrogen-bond donors (Lipinski definition) is 3. The quantitative estimate of drug-likeness (QED) is 0.679. The first-order valence-corrected chi connectivity index (χ1v) is 4.84. The normalized spacial score (nSPS) is 10.1. The number of benzene rings is 1. The average Bonchev–Trinajstić information content (AvgIpc) is 2.28. The van der Waals surface area contributed by atoms with Crippen molar-refractivity contribution < 1.29 is 4.79 Å². The fraction of sp³-hybridized carbons (Fsp3) is 0. The minimum absolute atomic E-state index is 0.0239. The number of primary amides is 1. The van der Waals surface area contributed by atoms with E-state index in [9.17, 15) is 9.59 Å². The molecule has 0 fully saturated rings. The molecule has 0 spiro atoms. The molecule has 17 heavy (non-hydrogen) atoms. The largest absolute Gasteiger partial charge is 0.383 e. The molecule has 0 bridgehead atoms. The van der Waals surface area contributed by atoms with Gasteiger partial charge in [-0.3, -0.25) is 4.79 Å². The van der Waals surface area contributed by atoms with E-state index >= 15 is 0 Å². The van der Waals surface area contributed by atoms with Gasteiger partial charge in [0.1, 0.15) is 11.4 Å². The fourth-order valence-electron chi connectivity index (χ4n) is 1.56. The molecule has 0 atom stereocenters. The minimum atomic E-state index is -0.731. The van der Waals surface area contributed by atoms with Crippen LogP contribution >= 0.6 is 0 Å². The van der Waals surface area contributed by atoms with Gasteiger partial charge in [-0.1, -0.05) is 30.3 Å². The van der Waals surface area contributed by atoms with E-state index < -0.39 is 11.6 Å². The monoisotopic (exact) mass is 230 g/mol. The molecule has 0 saturated carbocycles. The zero-order valence-electron chi connectivity index (χ0n) is 8.81. The maximum atomic E-state index is 11.3. The van der Waals surface area contributed by atoms with Crippen molar-refractivity contribution in [3.05, 3.63) is 46.4 Å². The Balaban J connectivity index is 2.77. The average molecular weight is 230 g/mol. The lowest BCUT2D eigenvalue weighted by atomic mass is 10.1. The number of nitrogens with two attached hydrogens (primary N) is 2. The molecule has 1 aromatic heterocycles. The molecule has 6 heteroatoms. The molecule has 2 aromatic rings. The second-order valence-electron chi connectivity index (χ2n) is 3.41. The van der Waals surface area contributed by atoms with Gasteiger partial charge in [-0.05, 0) is 5.56 Å². The van der Waals surface area contributed by atoms with Crippen molar-refractivity contribution in [2.75, 3.05) is 5.73 Å². The number of rotatable bonds is 2. The van der Waals surface area contributed by atoms with Gasteiger partial charge >= 0.3 is 5.69 Å². The van der Waals surface area contributed by atoms with Crippen molar-refractivity contribution in [3.63, 3.8) is 0 Å². The minimum Gasteiger partial charge on any atom is -0.383 e.